The van der Waals surface area contributed by atoms with Crippen molar-refractivity contribution in [3.63, 3.8) is 0 Å². The minimum atomic E-state index is -3.72. The van der Waals surface area contributed by atoms with Crippen molar-refractivity contribution in [2.45, 2.75) is 0 Å². The average molecular weight is 252 g/mol. The molecule has 0 saturated heterocycles. The number of nitrogens with zero attached hydrogens (tertiary/aromatic N) is 1. The largest absolute Gasteiger partial charge is 0.296 e. The lowest BCUT2D eigenvalue weighted by Crippen LogP contribution is -2.22. The maximum Gasteiger partial charge on any atom is 0.296 e. The van der Waals surface area contributed by atoms with Crippen molar-refractivity contribution in [3.8, 4) is 0 Å². The van der Waals surface area contributed by atoms with Crippen LogP contribution in [0.2, 0.25) is 0 Å². The number of halogens is 1. The molecule has 7 heteroatoms. The van der Waals surface area contributed by atoms with Crippen LogP contribution >= 0.6 is 15.9 Å². The minimum absolute atomic E-state index is 0.319. The Labute approximate surface area is 78.3 Å². The van der Waals surface area contributed by atoms with E-state index in [1.54, 1.807) is 12.1 Å². The Bertz CT molecular complexity index is 378. The second-order valence-electron chi connectivity index (χ2n) is 1.99. The predicted molar refractivity (Wildman–Crippen MR) is 48.7 cm³/mol. The van der Waals surface area contributed by atoms with Crippen LogP contribution in [0.15, 0.2) is 22.9 Å². The zero-order chi connectivity index (χ0) is 9.19. The van der Waals surface area contributed by atoms with Crippen molar-refractivity contribution in [2.75, 3.05) is 4.72 Å². The Kier molecular flexibility index (Phi) is 2.65. The van der Waals surface area contributed by atoms with Gasteiger partial charge in [0, 0.05) is 6.20 Å². The third-order valence-electron chi connectivity index (χ3n) is 1.01. The van der Waals surface area contributed by atoms with E-state index < -0.39 is 10.2 Å². The molecule has 3 N–H and O–H groups in total. The number of anilines is 1. The first-order valence-corrected chi connectivity index (χ1v) is 5.24. The first-order chi connectivity index (χ1) is 5.49. The van der Waals surface area contributed by atoms with Gasteiger partial charge in [-0.3, -0.25) is 4.72 Å². The molecule has 1 rings (SSSR count). The predicted octanol–water partition coefficient (Wildman–Crippen LogP) is 0.459. The van der Waals surface area contributed by atoms with Crippen LogP contribution < -0.4 is 9.86 Å². The highest BCUT2D eigenvalue weighted by Crippen LogP contribution is 2.18. The third kappa shape index (κ3) is 2.76. The molecule has 0 bridgehead atoms. The normalized spacial score (nSPS) is 11.2. The number of hydrogen-bond acceptors (Lipinski definition) is 3. The zero-order valence-corrected chi connectivity index (χ0v) is 8.26. The third-order valence-corrected chi connectivity index (χ3v) is 2.15. The van der Waals surface area contributed by atoms with Gasteiger partial charge in [0.25, 0.3) is 10.2 Å². The molecular formula is C5H6BrN3O2S. The topological polar surface area (TPSA) is 85.1 Å². The molecule has 0 saturated carbocycles. The number of rotatable bonds is 2. The fraction of sp³-hybridized carbons (Fsp3) is 0. The molecule has 0 spiro atoms. The van der Waals surface area contributed by atoms with Crippen LogP contribution in [0.3, 0.4) is 0 Å². The van der Waals surface area contributed by atoms with E-state index in [-0.39, 0.29) is 0 Å². The van der Waals surface area contributed by atoms with E-state index in [2.05, 4.69) is 25.6 Å². The molecule has 0 radical (unpaired) electrons. The Morgan fingerprint density at radius 2 is 2.25 bits per heavy atom. The highest BCUT2D eigenvalue weighted by atomic mass is 79.9. The molecule has 12 heavy (non-hydrogen) atoms. The lowest BCUT2D eigenvalue weighted by atomic mass is 10.4. The average Bonchev–Trinajstić information content (AvgIpc) is 1.91. The van der Waals surface area contributed by atoms with E-state index in [4.69, 9.17) is 5.14 Å². The van der Waals surface area contributed by atoms with Crippen molar-refractivity contribution >= 4 is 31.8 Å². The molecule has 0 aromatic carbocycles. The van der Waals surface area contributed by atoms with Gasteiger partial charge < -0.3 is 0 Å². The molecule has 66 valence electrons. The van der Waals surface area contributed by atoms with Gasteiger partial charge >= 0.3 is 0 Å². The van der Waals surface area contributed by atoms with Crippen molar-refractivity contribution in [1.82, 2.24) is 4.98 Å². The smallest absolute Gasteiger partial charge is 0.269 e. The number of nitrogens with two attached hydrogens (primary N) is 1. The summed E-state index contributed by atoms with van der Waals surface area (Å²) in [5.41, 5.74) is 0.319. The fourth-order valence-corrected chi connectivity index (χ4v) is 1.57. The van der Waals surface area contributed by atoms with E-state index in [0.29, 0.717) is 10.3 Å². The highest BCUT2D eigenvalue weighted by molar-refractivity contribution is 9.10. The summed E-state index contributed by atoms with van der Waals surface area (Å²) in [6.45, 7) is 0. The highest BCUT2D eigenvalue weighted by Gasteiger charge is 2.05. The summed E-state index contributed by atoms with van der Waals surface area (Å²) in [5, 5.41) is 4.75. The van der Waals surface area contributed by atoms with E-state index >= 15 is 0 Å². The molecule has 0 atom stereocenters. The maximum absolute atomic E-state index is 10.6. The Hall–Kier alpha value is -0.660. The molecule has 1 aromatic heterocycles. The number of pyridine rings is 1. The number of hydrogen-bond donors (Lipinski definition) is 2. The molecule has 0 aliphatic rings. The number of aromatic nitrogens is 1. The molecule has 0 fully saturated rings. The number of nitrogens with one attached hydrogen (secondary N) is 1. The summed E-state index contributed by atoms with van der Waals surface area (Å²) in [6, 6.07) is 3.14. The van der Waals surface area contributed by atoms with Crippen molar-refractivity contribution in [1.29, 1.82) is 0 Å². The lowest BCUT2D eigenvalue weighted by molar-refractivity contribution is 0.603. The van der Waals surface area contributed by atoms with Crippen LogP contribution in [-0.2, 0) is 10.2 Å². The van der Waals surface area contributed by atoms with E-state index in [1.165, 1.54) is 6.20 Å². The van der Waals surface area contributed by atoms with E-state index in [1.807, 2.05) is 0 Å². The van der Waals surface area contributed by atoms with Crippen LogP contribution in [0.25, 0.3) is 0 Å². The van der Waals surface area contributed by atoms with E-state index in [0.717, 1.165) is 0 Å². The molecule has 1 aromatic rings. The van der Waals surface area contributed by atoms with Gasteiger partial charge in [0.2, 0.25) is 0 Å². The lowest BCUT2D eigenvalue weighted by Gasteiger charge is -2.03. The van der Waals surface area contributed by atoms with Crippen molar-refractivity contribution in [2.24, 2.45) is 5.14 Å². The standard InChI is InChI=1S/C5H6BrN3O2S/c6-5-4(2-1-3-8-5)9-12(7,10)11/h1-3,9H,(H2,7,10,11). The van der Waals surface area contributed by atoms with Crippen molar-refractivity contribution in [3.05, 3.63) is 22.9 Å². The Balaban J connectivity index is 2.98. The fourth-order valence-electron chi connectivity index (χ4n) is 0.615. The van der Waals surface area contributed by atoms with Crippen LogP contribution in [0.4, 0.5) is 5.69 Å². The van der Waals surface area contributed by atoms with Gasteiger partial charge in [0.15, 0.2) is 0 Å². The Morgan fingerprint density at radius 3 is 2.75 bits per heavy atom. The summed E-state index contributed by atoms with van der Waals surface area (Å²) in [7, 11) is -3.72. The Morgan fingerprint density at radius 1 is 1.58 bits per heavy atom. The van der Waals surface area contributed by atoms with Gasteiger partial charge in [0.05, 0.1) is 5.69 Å². The quantitative estimate of drug-likeness (QED) is 0.750. The molecule has 0 aliphatic heterocycles. The van der Waals surface area contributed by atoms with E-state index in [9.17, 15) is 8.42 Å². The molecule has 0 amide bonds. The van der Waals surface area contributed by atoms with Crippen LogP contribution in [0, 0.1) is 0 Å². The zero-order valence-electron chi connectivity index (χ0n) is 5.86. The second kappa shape index (κ2) is 3.38. The van der Waals surface area contributed by atoms with Gasteiger partial charge in [-0.2, -0.15) is 8.42 Å². The molecule has 5 nitrogen and oxygen atoms in total. The monoisotopic (exact) mass is 251 g/mol. The summed E-state index contributed by atoms with van der Waals surface area (Å²) < 4.78 is 23.6. The molecule has 1 heterocycles. The van der Waals surface area contributed by atoms with Crippen LogP contribution in [0.5, 0.6) is 0 Å². The van der Waals surface area contributed by atoms with Gasteiger partial charge in [0.1, 0.15) is 4.60 Å². The minimum Gasteiger partial charge on any atom is -0.269 e. The molecule has 0 aliphatic carbocycles. The molecule has 0 unspecified atom stereocenters. The van der Waals surface area contributed by atoms with Gasteiger partial charge in [-0.15, -0.1) is 0 Å². The summed E-state index contributed by atoms with van der Waals surface area (Å²) in [5.74, 6) is 0. The van der Waals surface area contributed by atoms with Crippen molar-refractivity contribution < 1.29 is 8.42 Å². The van der Waals surface area contributed by atoms with Gasteiger partial charge in [-0.05, 0) is 28.1 Å². The summed E-state index contributed by atoms with van der Waals surface area (Å²) >= 11 is 3.06. The first kappa shape index (κ1) is 9.43. The van der Waals surface area contributed by atoms with Crippen LogP contribution in [-0.4, -0.2) is 13.4 Å². The summed E-state index contributed by atoms with van der Waals surface area (Å²) in [4.78, 5) is 3.80. The second-order valence-corrected chi connectivity index (χ2v) is 4.03. The molecular weight excluding hydrogens is 246 g/mol. The first-order valence-electron chi connectivity index (χ1n) is 2.90. The SMILES string of the molecule is NS(=O)(=O)Nc1cccnc1Br. The maximum atomic E-state index is 10.6. The van der Waals surface area contributed by atoms with Crippen LogP contribution in [0.1, 0.15) is 0 Å². The van der Waals surface area contributed by atoms with Gasteiger partial charge in [-0.1, -0.05) is 0 Å². The summed E-state index contributed by atoms with van der Waals surface area (Å²) in [6.07, 6.45) is 1.53. The van der Waals surface area contributed by atoms with Gasteiger partial charge in [-0.25, -0.2) is 10.1 Å².